The van der Waals surface area contributed by atoms with Crippen LogP contribution in [-0.4, -0.2) is 15.0 Å². The minimum Gasteiger partial charge on any atom is -0.348 e. The highest BCUT2D eigenvalue weighted by Crippen LogP contribution is 2.22. The summed E-state index contributed by atoms with van der Waals surface area (Å²) in [5.41, 5.74) is 0.0525. The van der Waals surface area contributed by atoms with Gasteiger partial charge in [-0.05, 0) is 36.5 Å². The molecule has 0 radical (unpaired) electrons. The van der Waals surface area contributed by atoms with E-state index >= 15 is 0 Å². The van der Waals surface area contributed by atoms with Gasteiger partial charge in [0.15, 0.2) is 0 Å². The maximum Gasteiger partial charge on any atom is 0.331 e. The Morgan fingerprint density at radius 2 is 1.77 bits per heavy atom. The third-order valence-corrected chi connectivity index (χ3v) is 4.47. The van der Waals surface area contributed by atoms with Crippen LogP contribution in [0, 0.1) is 5.92 Å². The Balaban J connectivity index is 2.15. The standard InChI is InChI=1S/C19H24ClN3O3/c1-13(2)4-9-16(14-5-7-15(20)8-6-14)21-17(24)12-23-11-10-18(25)22(3)19(23)26/h5-8,10-11,13,16H,4,9,12H2,1-3H3,(H,21,24)/t16-/m0/s1. The molecule has 1 amide bonds. The molecule has 2 rings (SSSR count). The van der Waals surface area contributed by atoms with E-state index in [1.807, 2.05) is 12.1 Å². The monoisotopic (exact) mass is 377 g/mol. The summed E-state index contributed by atoms with van der Waals surface area (Å²) in [5, 5.41) is 3.63. The molecule has 0 bridgehead atoms. The van der Waals surface area contributed by atoms with Crippen molar-refractivity contribution < 1.29 is 4.79 Å². The topological polar surface area (TPSA) is 73.1 Å². The second kappa shape index (κ2) is 8.85. The first-order valence-corrected chi connectivity index (χ1v) is 8.97. The number of benzene rings is 1. The minimum atomic E-state index is -0.516. The van der Waals surface area contributed by atoms with Crippen LogP contribution in [0.2, 0.25) is 5.02 Å². The van der Waals surface area contributed by atoms with Crippen molar-refractivity contribution >= 4 is 17.5 Å². The fourth-order valence-electron chi connectivity index (χ4n) is 2.65. The summed E-state index contributed by atoms with van der Waals surface area (Å²) in [6.45, 7) is 4.12. The predicted octanol–water partition coefficient (Wildman–Crippen LogP) is 2.49. The van der Waals surface area contributed by atoms with E-state index in [-0.39, 0.29) is 18.5 Å². The fraction of sp³-hybridized carbons (Fsp3) is 0.421. The van der Waals surface area contributed by atoms with Gasteiger partial charge in [0.1, 0.15) is 6.54 Å². The number of hydrogen-bond acceptors (Lipinski definition) is 3. The largest absolute Gasteiger partial charge is 0.348 e. The Bertz CT molecular complexity index is 869. The second-order valence-corrected chi connectivity index (χ2v) is 7.20. The van der Waals surface area contributed by atoms with Crippen LogP contribution < -0.4 is 16.6 Å². The summed E-state index contributed by atoms with van der Waals surface area (Å²) in [6.07, 6.45) is 3.08. The number of halogens is 1. The molecular formula is C19H24ClN3O3. The quantitative estimate of drug-likeness (QED) is 0.805. The van der Waals surface area contributed by atoms with Crippen molar-refractivity contribution in [2.45, 2.75) is 39.3 Å². The Labute approximate surface area is 157 Å². The van der Waals surface area contributed by atoms with Gasteiger partial charge in [0.05, 0.1) is 6.04 Å². The molecule has 0 aliphatic heterocycles. The average molecular weight is 378 g/mol. The molecule has 7 heteroatoms. The molecule has 140 valence electrons. The van der Waals surface area contributed by atoms with Crippen LogP contribution in [0.3, 0.4) is 0 Å². The normalized spacial score (nSPS) is 12.2. The summed E-state index contributed by atoms with van der Waals surface area (Å²) in [7, 11) is 1.39. The van der Waals surface area contributed by atoms with Crippen molar-refractivity contribution in [1.82, 2.24) is 14.5 Å². The summed E-state index contributed by atoms with van der Waals surface area (Å²) < 4.78 is 2.20. The summed E-state index contributed by atoms with van der Waals surface area (Å²) >= 11 is 5.95. The molecule has 1 aromatic carbocycles. The van der Waals surface area contributed by atoms with Crippen molar-refractivity contribution in [3.63, 3.8) is 0 Å². The van der Waals surface area contributed by atoms with Gasteiger partial charge in [-0.25, -0.2) is 4.79 Å². The van der Waals surface area contributed by atoms with Crippen molar-refractivity contribution in [1.29, 1.82) is 0 Å². The van der Waals surface area contributed by atoms with Crippen LogP contribution in [0.4, 0.5) is 0 Å². The Morgan fingerprint density at radius 1 is 1.12 bits per heavy atom. The van der Waals surface area contributed by atoms with E-state index in [2.05, 4.69) is 19.2 Å². The molecule has 0 spiro atoms. The van der Waals surface area contributed by atoms with Gasteiger partial charge in [0.25, 0.3) is 5.56 Å². The minimum absolute atomic E-state index is 0.140. The number of nitrogens with one attached hydrogen (secondary N) is 1. The number of hydrogen-bond donors (Lipinski definition) is 1. The van der Waals surface area contributed by atoms with Crippen LogP contribution in [0.15, 0.2) is 46.1 Å². The zero-order valence-corrected chi connectivity index (χ0v) is 16.0. The molecule has 0 aliphatic rings. The van der Waals surface area contributed by atoms with E-state index in [1.165, 1.54) is 23.9 Å². The number of nitrogens with zero attached hydrogens (tertiary/aromatic N) is 2. The summed E-state index contributed by atoms with van der Waals surface area (Å²) in [5.74, 6) is 0.224. The predicted molar refractivity (Wildman–Crippen MR) is 102 cm³/mol. The number of amides is 1. The average Bonchev–Trinajstić information content (AvgIpc) is 2.60. The van der Waals surface area contributed by atoms with Crippen molar-refractivity contribution in [2.75, 3.05) is 0 Å². The molecule has 0 saturated heterocycles. The lowest BCUT2D eigenvalue weighted by Crippen LogP contribution is -2.40. The Morgan fingerprint density at radius 3 is 2.38 bits per heavy atom. The Hall–Kier alpha value is -2.34. The van der Waals surface area contributed by atoms with Gasteiger partial charge in [0.2, 0.25) is 5.91 Å². The van der Waals surface area contributed by atoms with Gasteiger partial charge >= 0.3 is 5.69 Å². The zero-order chi connectivity index (χ0) is 19.3. The van der Waals surface area contributed by atoms with Gasteiger partial charge in [0, 0.05) is 24.3 Å². The van der Waals surface area contributed by atoms with E-state index in [1.54, 1.807) is 12.1 Å². The van der Waals surface area contributed by atoms with E-state index in [4.69, 9.17) is 11.6 Å². The molecule has 0 fully saturated rings. The van der Waals surface area contributed by atoms with E-state index in [9.17, 15) is 14.4 Å². The molecule has 1 atom stereocenters. The SMILES string of the molecule is CC(C)CC[C@H](NC(=O)Cn1ccc(=O)n(C)c1=O)c1ccc(Cl)cc1. The van der Waals surface area contributed by atoms with Gasteiger partial charge in [-0.2, -0.15) is 0 Å². The molecule has 0 unspecified atom stereocenters. The first kappa shape index (κ1) is 20.0. The molecule has 1 heterocycles. The fourth-order valence-corrected chi connectivity index (χ4v) is 2.77. The smallest absolute Gasteiger partial charge is 0.331 e. The molecule has 0 aliphatic carbocycles. The van der Waals surface area contributed by atoms with Gasteiger partial charge < -0.3 is 5.32 Å². The molecule has 0 saturated carbocycles. The lowest BCUT2D eigenvalue weighted by Gasteiger charge is -2.21. The van der Waals surface area contributed by atoms with Crippen LogP contribution >= 0.6 is 11.6 Å². The maximum atomic E-state index is 12.5. The van der Waals surface area contributed by atoms with E-state index in [0.717, 1.165) is 23.0 Å². The lowest BCUT2D eigenvalue weighted by atomic mass is 9.97. The third-order valence-electron chi connectivity index (χ3n) is 4.21. The van der Waals surface area contributed by atoms with Crippen LogP contribution in [0.1, 0.15) is 38.3 Å². The molecule has 6 nitrogen and oxygen atoms in total. The first-order chi connectivity index (χ1) is 12.3. The molecule has 2 aromatic rings. The number of carbonyl (C=O) groups is 1. The van der Waals surface area contributed by atoms with Crippen molar-refractivity contribution in [2.24, 2.45) is 13.0 Å². The number of aromatic nitrogens is 2. The molecule has 1 aromatic heterocycles. The Kier molecular flexibility index (Phi) is 6.80. The second-order valence-electron chi connectivity index (χ2n) is 6.77. The molecular weight excluding hydrogens is 354 g/mol. The summed E-state index contributed by atoms with van der Waals surface area (Å²) in [4.78, 5) is 36.0. The number of rotatable bonds is 7. The highest BCUT2D eigenvalue weighted by molar-refractivity contribution is 6.30. The van der Waals surface area contributed by atoms with Gasteiger partial charge in [-0.3, -0.25) is 18.7 Å². The van der Waals surface area contributed by atoms with Gasteiger partial charge in [-0.1, -0.05) is 37.6 Å². The van der Waals surface area contributed by atoms with E-state index < -0.39 is 11.2 Å². The number of carbonyl (C=O) groups excluding carboxylic acids is 1. The highest BCUT2D eigenvalue weighted by atomic mass is 35.5. The first-order valence-electron chi connectivity index (χ1n) is 8.59. The van der Waals surface area contributed by atoms with Crippen LogP contribution in [0.25, 0.3) is 0 Å². The summed E-state index contributed by atoms with van der Waals surface area (Å²) in [6, 6.07) is 8.49. The highest BCUT2D eigenvalue weighted by Gasteiger charge is 2.16. The van der Waals surface area contributed by atoms with Gasteiger partial charge in [-0.15, -0.1) is 0 Å². The van der Waals surface area contributed by atoms with Crippen molar-refractivity contribution in [3.8, 4) is 0 Å². The van der Waals surface area contributed by atoms with Crippen LogP contribution in [-0.2, 0) is 18.4 Å². The molecule has 26 heavy (non-hydrogen) atoms. The van der Waals surface area contributed by atoms with E-state index in [0.29, 0.717) is 10.9 Å². The third kappa shape index (κ3) is 5.33. The van der Waals surface area contributed by atoms with Crippen molar-refractivity contribution in [3.05, 3.63) is 68.0 Å². The lowest BCUT2D eigenvalue weighted by molar-refractivity contribution is -0.122. The molecule has 1 N–H and O–H groups in total. The van der Waals surface area contributed by atoms with Crippen LogP contribution in [0.5, 0.6) is 0 Å². The zero-order valence-electron chi connectivity index (χ0n) is 15.2. The maximum absolute atomic E-state index is 12.5.